The Bertz CT molecular complexity index is 502. The van der Waals surface area contributed by atoms with Crippen LogP contribution in [-0.4, -0.2) is 43.5 Å². The monoisotopic (exact) mass is 290 g/mol. The number of ether oxygens (including phenoxy) is 1. The zero-order valence-corrected chi connectivity index (χ0v) is 12.4. The lowest BCUT2D eigenvalue weighted by molar-refractivity contribution is -0.128. The van der Waals surface area contributed by atoms with Gasteiger partial charge in [0.25, 0.3) is 5.91 Å². The second-order valence-corrected chi connectivity index (χ2v) is 5.22. The summed E-state index contributed by atoms with van der Waals surface area (Å²) in [5.74, 6) is 0.116. The van der Waals surface area contributed by atoms with Crippen molar-refractivity contribution in [3.63, 3.8) is 0 Å². The minimum Gasteiger partial charge on any atom is -0.385 e. The first-order valence-corrected chi connectivity index (χ1v) is 7.34. The van der Waals surface area contributed by atoms with E-state index in [0.717, 1.165) is 24.9 Å². The maximum absolute atomic E-state index is 12.0. The van der Waals surface area contributed by atoms with E-state index in [1.165, 1.54) is 0 Å². The van der Waals surface area contributed by atoms with Gasteiger partial charge >= 0.3 is 0 Å². The van der Waals surface area contributed by atoms with E-state index in [9.17, 15) is 9.59 Å². The Balaban J connectivity index is 1.90. The molecule has 1 aromatic rings. The van der Waals surface area contributed by atoms with Gasteiger partial charge < -0.3 is 15.0 Å². The van der Waals surface area contributed by atoms with E-state index >= 15 is 0 Å². The van der Waals surface area contributed by atoms with Crippen LogP contribution in [0.4, 0.5) is 0 Å². The fourth-order valence-corrected chi connectivity index (χ4v) is 2.42. The van der Waals surface area contributed by atoms with E-state index in [1.54, 1.807) is 13.2 Å². The van der Waals surface area contributed by atoms with Crippen molar-refractivity contribution in [1.82, 2.24) is 10.2 Å². The average Bonchev–Trinajstić information content (AvgIpc) is 2.89. The van der Waals surface area contributed by atoms with Crippen LogP contribution in [0.3, 0.4) is 0 Å². The fraction of sp³-hybridized carbons (Fsp3) is 0.500. The molecular weight excluding hydrogens is 268 g/mol. The van der Waals surface area contributed by atoms with Gasteiger partial charge in [0.05, 0.1) is 0 Å². The molecule has 5 nitrogen and oxygen atoms in total. The molecule has 0 unspecified atom stereocenters. The molecule has 5 heteroatoms. The highest BCUT2D eigenvalue weighted by Gasteiger charge is 2.20. The van der Waals surface area contributed by atoms with Crippen LogP contribution in [0, 0.1) is 0 Å². The molecule has 0 spiro atoms. The Hall–Kier alpha value is -1.88. The molecule has 1 heterocycles. The Morgan fingerprint density at radius 1 is 1.43 bits per heavy atom. The first-order chi connectivity index (χ1) is 10.2. The minimum atomic E-state index is -0.0827. The molecule has 0 bridgehead atoms. The van der Waals surface area contributed by atoms with E-state index in [0.29, 0.717) is 31.7 Å². The van der Waals surface area contributed by atoms with Crippen molar-refractivity contribution in [3.8, 4) is 0 Å². The minimum absolute atomic E-state index is 0.0827. The van der Waals surface area contributed by atoms with E-state index in [4.69, 9.17) is 4.74 Å². The van der Waals surface area contributed by atoms with Gasteiger partial charge in [-0.05, 0) is 30.5 Å². The van der Waals surface area contributed by atoms with E-state index < -0.39 is 0 Å². The summed E-state index contributed by atoms with van der Waals surface area (Å²) in [6.07, 6.45) is 2.36. The molecule has 1 aliphatic rings. The zero-order chi connectivity index (χ0) is 15.1. The van der Waals surface area contributed by atoms with Gasteiger partial charge in [0, 0.05) is 45.3 Å². The summed E-state index contributed by atoms with van der Waals surface area (Å²) in [5.41, 5.74) is 1.63. The predicted molar refractivity (Wildman–Crippen MR) is 79.9 cm³/mol. The molecule has 1 aromatic carbocycles. The number of amides is 2. The third kappa shape index (κ3) is 4.56. The van der Waals surface area contributed by atoms with Gasteiger partial charge in [-0.1, -0.05) is 12.1 Å². The van der Waals surface area contributed by atoms with Crippen molar-refractivity contribution in [2.75, 3.05) is 26.8 Å². The van der Waals surface area contributed by atoms with Crippen molar-refractivity contribution >= 4 is 11.8 Å². The molecule has 0 aliphatic carbocycles. The van der Waals surface area contributed by atoms with Gasteiger partial charge in [-0.15, -0.1) is 0 Å². The Kier molecular flexibility index (Phi) is 5.75. The summed E-state index contributed by atoms with van der Waals surface area (Å²) in [6.45, 7) is 2.63. The Morgan fingerprint density at radius 3 is 3.00 bits per heavy atom. The number of rotatable bonds is 7. The summed E-state index contributed by atoms with van der Waals surface area (Å²) in [6, 6.07) is 7.46. The SMILES string of the molecule is COCCCNC(=O)c1cccc(CN2CCCC2=O)c1. The lowest BCUT2D eigenvalue weighted by Gasteiger charge is -2.16. The van der Waals surface area contributed by atoms with Crippen LogP contribution in [-0.2, 0) is 16.1 Å². The quantitative estimate of drug-likeness (QED) is 0.776. The lowest BCUT2D eigenvalue weighted by atomic mass is 10.1. The standard InChI is InChI=1S/C16H22N2O3/c1-21-10-4-8-17-16(20)14-6-2-5-13(11-14)12-18-9-3-7-15(18)19/h2,5-6,11H,3-4,7-10,12H2,1H3,(H,17,20). The molecule has 2 amide bonds. The summed E-state index contributed by atoms with van der Waals surface area (Å²) >= 11 is 0. The summed E-state index contributed by atoms with van der Waals surface area (Å²) in [5, 5.41) is 2.86. The van der Waals surface area contributed by atoms with Gasteiger partial charge in [0.15, 0.2) is 0 Å². The molecule has 1 saturated heterocycles. The molecule has 0 aromatic heterocycles. The molecule has 21 heavy (non-hydrogen) atoms. The van der Waals surface area contributed by atoms with Crippen LogP contribution in [0.5, 0.6) is 0 Å². The van der Waals surface area contributed by atoms with Crippen LogP contribution in [0.2, 0.25) is 0 Å². The molecule has 0 radical (unpaired) electrons. The second kappa shape index (κ2) is 7.78. The highest BCUT2D eigenvalue weighted by atomic mass is 16.5. The number of carbonyl (C=O) groups is 2. The van der Waals surface area contributed by atoms with Crippen molar-refractivity contribution < 1.29 is 14.3 Å². The van der Waals surface area contributed by atoms with Gasteiger partial charge in [-0.25, -0.2) is 0 Å². The van der Waals surface area contributed by atoms with Crippen LogP contribution in [0.25, 0.3) is 0 Å². The predicted octanol–water partition coefficient (Wildman–Crippen LogP) is 1.58. The van der Waals surface area contributed by atoms with Gasteiger partial charge in [0.1, 0.15) is 0 Å². The molecule has 1 aliphatic heterocycles. The van der Waals surface area contributed by atoms with Crippen molar-refractivity contribution in [2.24, 2.45) is 0 Å². The van der Waals surface area contributed by atoms with Gasteiger partial charge in [-0.2, -0.15) is 0 Å². The first-order valence-electron chi connectivity index (χ1n) is 7.34. The normalized spacial score (nSPS) is 14.5. The summed E-state index contributed by atoms with van der Waals surface area (Å²) in [7, 11) is 1.64. The molecular formula is C16H22N2O3. The van der Waals surface area contributed by atoms with Crippen LogP contribution < -0.4 is 5.32 Å². The molecule has 114 valence electrons. The second-order valence-electron chi connectivity index (χ2n) is 5.22. The van der Waals surface area contributed by atoms with Gasteiger partial charge in [-0.3, -0.25) is 9.59 Å². The smallest absolute Gasteiger partial charge is 0.251 e. The third-order valence-electron chi connectivity index (χ3n) is 3.54. The maximum atomic E-state index is 12.0. The Morgan fingerprint density at radius 2 is 2.29 bits per heavy atom. The van der Waals surface area contributed by atoms with Crippen LogP contribution in [0.15, 0.2) is 24.3 Å². The topological polar surface area (TPSA) is 58.6 Å². The van der Waals surface area contributed by atoms with Gasteiger partial charge in [0.2, 0.25) is 5.91 Å². The van der Waals surface area contributed by atoms with Crippen LogP contribution >= 0.6 is 0 Å². The van der Waals surface area contributed by atoms with Crippen molar-refractivity contribution in [3.05, 3.63) is 35.4 Å². The molecule has 1 N–H and O–H groups in total. The summed E-state index contributed by atoms with van der Waals surface area (Å²) in [4.78, 5) is 25.5. The third-order valence-corrected chi connectivity index (χ3v) is 3.54. The maximum Gasteiger partial charge on any atom is 0.251 e. The number of methoxy groups -OCH3 is 1. The largest absolute Gasteiger partial charge is 0.385 e. The van der Waals surface area contributed by atoms with Crippen LogP contribution in [0.1, 0.15) is 35.2 Å². The number of hydrogen-bond donors (Lipinski definition) is 1. The molecule has 0 saturated carbocycles. The molecule has 1 fully saturated rings. The average molecular weight is 290 g/mol. The lowest BCUT2D eigenvalue weighted by Crippen LogP contribution is -2.26. The number of nitrogens with one attached hydrogen (secondary N) is 1. The van der Waals surface area contributed by atoms with E-state index in [1.807, 2.05) is 23.1 Å². The number of hydrogen-bond acceptors (Lipinski definition) is 3. The summed E-state index contributed by atoms with van der Waals surface area (Å²) < 4.78 is 4.94. The molecule has 2 rings (SSSR count). The van der Waals surface area contributed by atoms with Crippen molar-refractivity contribution in [1.29, 1.82) is 0 Å². The number of nitrogens with zero attached hydrogens (tertiary/aromatic N) is 1. The zero-order valence-electron chi connectivity index (χ0n) is 12.4. The first kappa shape index (κ1) is 15.5. The molecule has 0 atom stereocenters. The fourth-order valence-electron chi connectivity index (χ4n) is 2.42. The number of carbonyl (C=O) groups excluding carboxylic acids is 2. The number of likely N-dealkylation sites (tertiary alicyclic amines) is 1. The highest BCUT2D eigenvalue weighted by Crippen LogP contribution is 2.15. The van der Waals surface area contributed by atoms with E-state index in [-0.39, 0.29) is 11.8 Å². The number of benzene rings is 1. The van der Waals surface area contributed by atoms with Crippen molar-refractivity contribution in [2.45, 2.75) is 25.8 Å². The Labute approximate surface area is 125 Å². The highest BCUT2D eigenvalue weighted by molar-refractivity contribution is 5.94. The van der Waals surface area contributed by atoms with E-state index in [2.05, 4.69) is 5.32 Å².